The van der Waals surface area contributed by atoms with E-state index < -0.39 is 23.0 Å². The van der Waals surface area contributed by atoms with Crippen LogP contribution in [0.25, 0.3) is 0 Å². The summed E-state index contributed by atoms with van der Waals surface area (Å²) >= 11 is 20.6. The number of nitrogens with two attached hydrogens (primary N) is 2. The highest BCUT2D eigenvalue weighted by Crippen LogP contribution is 2.30. The Labute approximate surface area is 681 Å². The van der Waals surface area contributed by atoms with Gasteiger partial charge in [-0.3, -0.25) is 9.59 Å². The number of aromatic nitrogens is 13. The largest absolute Gasteiger partial charge is 0.444 e. The monoisotopic (exact) mass is 1660 g/mol. The molecule has 600 valence electrons. The lowest BCUT2D eigenvalue weighted by Gasteiger charge is -2.34. The van der Waals surface area contributed by atoms with Crippen LogP contribution in [-0.4, -0.2) is 201 Å². The smallest absolute Gasteiger partial charge is 0.410 e. The number of nitrogens with one attached hydrogen (secondary N) is 7. The van der Waals surface area contributed by atoms with Crippen molar-refractivity contribution in [3.63, 3.8) is 0 Å². The van der Waals surface area contributed by atoms with Gasteiger partial charge in [-0.05, 0) is 166 Å². The Morgan fingerprint density at radius 2 is 0.823 bits per heavy atom. The van der Waals surface area contributed by atoms with E-state index in [1.54, 1.807) is 41.1 Å². The summed E-state index contributed by atoms with van der Waals surface area (Å²) in [6.07, 6.45) is 18.1. The fourth-order valence-corrected chi connectivity index (χ4v) is 14.0. The summed E-state index contributed by atoms with van der Waals surface area (Å²) in [7, 11) is 3.49. The van der Waals surface area contributed by atoms with Crippen molar-refractivity contribution < 1.29 is 33.4 Å². The Balaban J connectivity index is 0.000000182. The first-order chi connectivity index (χ1) is 53.7. The van der Waals surface area contributed by atoms with Crippen LogP contribution in [0.4, 0.5) is 70.1 Å². The van der Waals surface area contributed by atoms with Gasteiger partial charge in [0.2, 0.25) is 0 Å². The van der Waals surface area contributed by atoms with Crippen LogP contribution < -0.4 is 48.7 Å². The molecule has 42 heteroatoms. The average molecular weight is 1660 g/mol. The number of urea groups is 1. The van der Waals surface area contributed by atoms with E-state index >= 15 is 0 Å². The molecule has 0 bridgehead atoms. The number of rotatable bonds is 16. The van der Waals surface area contributed by atoms with Gasteiger partial charge in [-0.1, -0.05) is 54.1 Å². The van der Waals surface area contributed by atoms with E-state index in [9.17, 15) is 29.2 Å². The van der Waals surface area contributed by atoms with Crippen molar-refractivity contribution in [1.29, 1.82) is 15.8 Å². The predicted octanol–water partition coefficient (Wildman–Crippen LogP) is 12.6. The number of likely N-dealkylation sites (tertiary alicyclic amines) is 3. The second kappa shape index (κ2) is 41.5. The summed E-state index contributed by atoms with van der Waals surface area (Å²) in [5.41, 5.74) is 13.0. The molecule has 1 aliphatic carbocycles. The summed E-state index contributed by atoms with van der Waals surface area (Å²) in [6, 6.07) is 11.8. The minimum Gasteiger partial charge on any atom is -0.444 e. The Kier molecular flexibility index (Phi) is 32.1. The second-order valence-electron chi connectivity index (χ2n) is 28.4. The van der Waals surface area contributed by atoms with Gasteiger partial charge in [0, 0.05) is 77.5 Å². The van der Waals surface area contributed by atoms with Gasteiger partial charge in [0.05, 0.1) is 48.1 Å². The predicted molar refractivity (Wildman–Crippen MR) is 433 cm³/mol. The molecule has 12 rings (SSSR count). The lowest BCUT2D eigenvalue weighted by atomic mass is 9.96. The van der Waals surface area contributed by atoms with Crippen molar-refractivity contribution in [2.45, 2.75) is 168 Å². The molecule has 8 aromatic heterocycles. The van der Waals surface area contributed by atoms with Gasteiger partial charge in [0.25, 0.3) is 11.8 Å². The molecule has 0 radical (unpaired) electrons. The van der Waals surface area contributed by atoms with Gasteiger partial charge >= 0.3 is 18.2 Å². The van der Waals surface area contributed by atoms with Gasteiger partial charge in [-0.2, -0.15) is 28.9 Å². The maximum Gasteiger partial charge on any atom is 0.410 e. The Morgan fingerprint density at radius 1 is 0.478 bits per heavy atom. The topological polar surface area (TPSA) is 492 Å². The molecule has 8 aromatic rings. The number of anilines is 10. The Morgan fingerprint density at radius 3 is 1.19 bits per heavy atom. The zero-order chi connectivity index (χ0) is 82.1. The van der Waals surface area contributed by atoms with Crippen molar-refractivity contribution in [1.82, 2.24) is 82.6 Å². The molecule has 3 atom stereocenters. The van der Waals surface area contributed by atoms with Crippen LogP contribution >= 0.6 is 69.4 Å². The van der Waals surface area contributed by atoms with Crippen molar-refractivity contribution in [2.24, 2.45) is 11.5 Å². The molecule has 6 amide bonds. The minimum atomic E-state index is -0.664. The number of hydrogen-bond donors (Lipinski definition) is 9. The summed E-state index contributed by atoms with van der Waals surface area (Å²) in [4.78, 5) is 108. The summed E-state index contributed by atoms with van der Waals surface area (Å²) in [5.74, 6) is 1.95. The van der Waals surface area contributed by atoms with E-state index in [1.807, 2.05) is 97.6 Å². The molecule has 0 spiro atoms. The lowest BCUT2D eigenvalue weighted by Crippen LogP contribution is -2.48. The Bertz CT molecular complexity index is 4720. The first kappa shape index (κ1) is 87.6. The molecule has 0 aromatic carbocycles. The number of carbonyl (C=O) groups is 5. The van der Waals surface area contributed by atoms with E-state index in [0.29, 0.717) is 73.7 Å². The van der Waals surface area contributed by atoms with E-state index in [4.69, 9.17) is 66.3 Å². The molecular weight excluding hydrogens is 1570 g/mol. The molecule has 3 aliphatic heterocycles. The molecule has 4 fully saturated rings. The first-order valence-electron chi connectivity index (χ1n) is 35.9. The number of nitrogens with zero attached hydrogens (tertiary/aromatic N) is 20. The zero-order valence-electron chi connectivity index (χ0n) is 64.3. The number of primary amides is 2. The van der Waals surface area contributed by atoms with Crippen LogP contribution in [-0.2, 0) is 9.47 Å². The summed E-state index contributed by atoms with van der Waals surface area (Å²) in [5, 5.41) is 51.6. The van der Waals surface area contributed by atoms with Crippen LogP contribution in [0.15, 0.2) is 49.2 Å². The Hall–Kier alpha value is -11.0. The maximum atomic E-state index is 12.4. The molecule has 0 unspecified atom stereocenters. The normalized spacial score (nSPS) is 16.0. The molecule has 3 saturated heterocycles. The highest BCUT2D eigenvalue weighted by atomic mass is 35.5. The minimum absolute atomic E-state index is 0.00965. The third-order valence-corrected chi connectivity index (χ3v) is 19.5. The van der Waals surface area contributed by atoms with Crippen LogP contribution in [0.2, 0.25) is 15.5 Å². The number of carbonyl (C=O) groups excluding carboxylic acids is 5. The second-order valence-corrected chi connectivity index (χ2v) is 31.9. The highest BCUT2D eigenvalue weighted by molar-refractivity contribution is 7.10. The van der Waals surface area contributed by atoms with Crippen molar-refractivity contribution >= 4 is 155 Å². The number of aryl methyl sites for hydroxylation is 3. The molecule has 11 N–H and O–H groups in total. The van der Waals surface area contributed by atoms with Crippen molar-refractivity contribution in [2.75, 3.05) is 90.6 Å². The van der Waals surface area contributed by atoms with E-state index in [2.05, 4.69) is 100 Å². The standard InChI is InChI=1S/C19H25N7O2S.C17H24N8O2S.C15H20ClN5O2.C15H20N6OS.C5HCl2N3/c1-12-8-16(29-25-12)24-17-14(9-20)21-10-15(23-17)22-13-6-5-7-26(11-13)18(27)28-19(2,3)4;1-10-7-13(28-23-10)22-16-14(15(18)26)19-8-12(21-16)20-11-5-4-6-25(9-11)17(27)24(2)3;1-15(2,3)23-14(22)21-6-4-5-10(9-21)19-12-8-18-11(7-17)13(16)20-12;1-9-7-12(23-21-9)20-15-13(14(16)22)17-8-11(19-15)18-10-5-3-2-4-6-10;6-4-2-9-3(1-8)5(7)10-4/h8,10,13H,5-7,11H2,1-4H3,(H2,22,23,24);7-8,11H,4-6,9H2,1-3H3,(H2,18,26)(H2,20,21,22);8,10H,4-6,9H2,1-3H3,(H,19,20);7-8,10H,2-6H2,1H3,(H2,16,22)(H2,18,19,20);2H/t13-;11-;10-;;/m000../s1. The number of piperidine rings is 3. The van der Waals surface area contributed by atoms with E-state index in [0.717, 1.165) is 90.0 Å². The van der Waals surface area contributed by atoms with Crippen molar-refractivity contribution in [3.05, 3.63) is 110 Å². The van der Waals surface area contributed by atoms with Crippen LogP contribution in [0, 0.1) is 54.8 Å². The lowest BCUT2D eigenvalue weighted by molar-refractivity contribution is 0.0196. The molecule has 11 heterocycles. The number of amides is 6. The maximum absolute atomic E-state index is 12.4. The number of halogens is 3. The quantitative estimate of drug-likeness (QED) is 0.0434. The molecule has 36 nitrogen and oxygen atoms in total. The SMILES string of the molecule is CC(C)(C)OC(=O)N1CCC[C@H](Nc2cnc(C#N)c(Cl)n2)C1.Cc1cc(Nc2nc(NC3CCCCC3)cnc2C(N)=O)sn1.Cc1cc(Nc2nc(N[C@H]3CCCN(C(=O)N(C)C)C3)cnc2C(N)=O)sn1.Cc1cc(Nc2nc(N[C@H]3CCCN(C(=O)OC(C)(C)C)C3)cnc2C#N)sn1.N#Cc1ncc(Cl)nc1Cl. The van der Waals surface area contributed by atoms with Gasteiger partial charge < -0.3 is 77.8 Å². The zero-order valence-corrected chi connectivity index (χ0v) is 69.0. The summed E-state index contributed by atoms with van der Waals surface area (Å²) < 4.78 is 23.5. The molecule has 4 aliphatic rings. The highest BCUT2D eigenvalue weighted by Gasteiger charge is 2.31. The third kappa shape index (κ3) is 28.3. The van der Waals surface area contributed by atoms with Gasteiger partial charge in [-0.25, -0.2) is 64.2 Å². The number of nitriles is 3. The van der Waals surface area contributed by atoms with Crippen LogP contribution in [0.1, 0.15) is 167 Å². The van der Waals surface area contributed by atoms with E-state index in [1.165, 1.54) is 78.6 Å². The molecule has 113 heavy (non-hydrogen) atoms. The fraction of sp³-hybridized carbons (Fsp3) is 0.479. The fourth-order valence-electron chi connectivity index (χ4n) is 11.4. The number of hydrogen-bond acceptors (Lipinski definition) is 33. The van der Waals surface area contributed by atoms with Crippen LogP contribution in [0.5, 0.6) is 0 Å². The molecule has 1 saturated carbocycles. The number of ether oxygens (including phenoxy) is 2. The van der Waals surface area contributed by atoms with Crippen LogP contribution in [0.3, 0.4) is 0 Å². The van der Waals surface area contributed by atoms with Crippen molar-refractivity contribution in [3.8, 4) is 18.2 Å². The van der Waals surface area contributed by atoms with Gasteiger partial charge in [-0.15, -0.1) is 0 Å². The average Bonchev–Trinajstić information content (AvgIpc) is 1.76. The summed E-state index contributed by atoms with van der Waals surface area (Å²) in [6.45, 7) is 20.5. The van der Waals surface area contributed by atoms with E-state index in [-0.39, 0.29) is 86.1 Å². The van der Waals surface area contributed by atoms with Gasteiger partial charge in [0.1, 0.15) is 72.8 Å². The third-order valence-electron chi connectivity index (χ3n) is 16.4. The van der Waals surface area contributed by atoms with Gasteiger partial charge in [0.15, 0.2) is 56.2 Å². The first-order valence-corrected chi connectivity index (χ1v) is 39.4. The molecular formula is C71H90Cl3N29O7S3.